The van der Waals surface area contributed by atoms with Crippen LogP contribution in [0.1, 0.15) is 37.2 Å². The number of amides is 2. The van der Waals surface area contributed by atoms with E-state index in [2.05, 4.69) is 37.8 Å². The molecule has 6 nitrogen and oxygen atoms in total. The van der Waals surface area contributed by atoms with Gasteiger partial charge < -0.3 is 14.7 Å². The highest BCUT2D eigenvalue weighted by Crippen LogP contribution is 2.31. The Morgan fingerprint density at radius 2 is 1.97 bits per heavy atom. The molecule has 0 saturated carbocycles. The van der Waals surface area contributed by atoms with Crippen LogP contribution >= 0.6 is 0 Å². The van der Waals surface area contributed by atoms with Crippen molar-refractivity contribution in [2.45, 2.75) is 44.8 Å². The van der Waals surface area contributed by atoms with Gasteiger partial charge in [-0.05, 0) is 44.3 Å². The van der Waals surface area contributed by atoms with Crippen LogP contribution in [-0.4, -0.2) is 76.8 Å². The number of piperazine rings is 1. The molecule has 0 aliphatic carbocycles. The highest BCUT2D eigenvalue weighted by molar-refractivity contribution is 6.06. The van der Waals surface area contributed by atoms with Crippen LogP contribution in [0.25, 0.3) is 10.8 Å². The molecule has 2 amide bonds. The van der Waals surface area contributed by atoms with Crippen LogP contribution < -0.4 is 0 Å². The van der Waals surface area contributed by atoms with Crippen LogP contribution in [0.3, 0.4) is 0 Å². The molecule has 3 atom stereocenters. The molecule has 4 rings (SSSR count). The molecular formula is C23H30N4O2. The number of hydrogen-bond acceptors (Lipinski definition) is 4. The van der Waals surface area contributed by atoms with E-state index < -0.39 is 6.04 Å². The van der Waals surface area contributed by atoms with Gasteiger partial charge in [0.15, 0.2) is 0 Å². The van der Waals surface area contributed by atoms with E-state index in [0.717, 1.165) is 23.7 Å². The molecule has 2 saturated heterocycles. The number of benzene rings is 1. The smallest absolute Gasteiger partial charge is 0.273 e. The zero-order chi connectivity index (χ0) is 20.7. The van der Waals surface area contributed by atoms with Crippen molar-refractivity contribution in [3.63, 3.8) is 0 Å². The van der Waals surface area contributed by atoms with E-state index in [9.17, 15) is 9.59 Å². The summed E-state index contributed by atoms with van der Waals surface area (Å²) in [6.07, 6.45) is 3.26. The van der Waals surface area contributed by atoms with Crippen LogP contribution in [0.4, 0.5) is 0 Å². The van der Waals surface area contributed by atoms with E-state index in [-0.39, 0.29) is 17.9 Å². The number of carbonyl (C=O) groups excluding carboxylic acids is 2. The first kappa shape index (κ1) is 19.8. The molecule has 0 radical (unpaired) electrons. The van der Waals surface area contributed by atoms with Crippen molar-refractivity contribution in [3.05, 3.63) is 42.2 Å². The SMILES string of the molecule is CC(C)C[C@H]1C(=O)N2C[C@@H](N(C)C)C[C@H]2CN1C(=O)c1nccc2ccccc12. The van der Waals surface area contributed by atoms with Crippen molar-refractivity contribution in [2.75, 3.05) is 27.2 Å². The normalized spacial score (nSPS) is 24.6. The number of aromatic nitrogens is 1. The van der Waals surface area contributed by atoms with E-state index >= 15 is 0 Å². The molecule has 1 aromatic carbocycles. The van der Waals surface area contributed by atoms with Crippen molar-refractivity contribution >= 4 is 22.6 Å². The lowest BCUT2D eigenvalue weighted by atomic mass is 9.96. The van der Waals surface area contributed by atoms with E-state index in [1.165, 1.54) is 0 Å². The van der Waals surface area contributed by atoms with E-state index in [1.54, 1.807) is 11.1 Å². The summed E-state index contributed by atoms with van der Waals surface area (Å²) in [4.78, 5) is 37.5. The first-order valence-corrected chi connectivity index (χ1v) is 10.5. The summed E-state index contributed by atoms with van der Waals surface area (Å²) in [7, 11) is 4.12. The minimum absolute atomic E-state index is 0.0808. The molecule has 29 heavy (non-hydrogen) atoms. The molecule has 3 heterocycles. The van der Waals surface area contributed by atoms with Gasteiger partial charge in [0, 0.05) is 30.7 Å². The van der Waals surface area contributed by atoms with Gasteiger partial charge in [0.2, 0.25) is 5.91 Å². The second-order valence-corrected chi connectivity index (χ2v) is 8.98. The number of fused-ring (bicyclic) bond motifs is 2. The topological polar surface area (TPSA) is 56.8 Å². The third kappa shape index (κ3) is 3.62. The Labute approximate surface area is 172 Å². The molecule has 0 spiro atoms. The highest BCUT2D eigenvalue weighted by Gasteiger charge is 2.47. The van der Waals surface area contributed by atoms with E-state index in [4.69, 9.17) is 0 Å². The Morgan fingerprint density at radius 3 is 2.69 bits per heavy atom. The van der Waals surface area contributed by atoms with Gasteiger partial charge in [-0.15, -0.1) is 0 Å². The summed E-state index contributed by atoms with van der Waals surface area (Å²) in [5.74, 6) is 0.283. The fourth-order valence-electron chi connectivity index (χ4n) is 4.71. The Morgan fingerprint density at radius 1 is 1.21 bits per heavy atom. The fraction of sp³-hybridized carbons (Fsp3) is 0.522. The van der Waals surface area contributed by atoms with Crippen LogP contribution in [-0.2, 0) is 4.79 Å². The summed E-state index contributed by atoms with van der Waals surface area (Å²) >= 11 is 0. The summed E-state index contributed by atoms with van der Waals surface area (Å²) in [5.41, 5.74) is 0.445. The summed E-state index contributed by atoms with van der Waals surface area (Å²) < 4.78 is 0. The predicted molar refractivity (Wildman–Crippen MR) is 114 cm³/mol. The van der Waals surface area contributed by atoms with Gasteiger partial charge in [-0.25, -0.2) is 0 Å². The quantitative estimate of drug-likeness (QED) is 0.800. The van der Waals surface area contributed by atoms with Gasteiger partial charge in [-0.3, -0.25) is 14.6 Å². The standard InChI is InChI=1S/C23H30N4O2/c1-15(2)11-20-22(28)26-13-17(25(3)4)12-18(26)14-27(20)23(29)21-19-8-6-5-7-16(19)9-10-24-21/h5-10,15,17-18,20H,11-14H2,1-4H3/t17-,18-,20-/m0/s1. The monoisotopic (exact) mass is 394 g/mol. The van der Waals surface area contributed by atoms with Crippen LogP contribution in [0.5, 0.6) is 0 Å². The Kier molecular flexibility index (Phi) is 5.30. The third-order valence-electron chi connectivity index (χ3n) is 6.31. The first-order chi connectivity index (χ1) is 13.9. The number of rotatable bonds is 4. The van der Waals surface area contributed by atoms with Crippen molar-refractivity contribution in [1.29, 1.82) is 0 Å². The molecule has 154 valence electrons. The zero-order valence-electron chi connectivity index (χ0n) is 17.7. The highest BCUT2D eigenvalue weighted by atomic mass is 16.2. The molecule has 0 N–H and O–H groups in total. The Bertz CT molecular complexity index is 921. The van der Waals surface area contributed by atoms with Crippen LogP contribution in [0, 0.1) is 5.92 Å². The van der Waals surface area contributed by atoms with Gasteiger partial charge in [-0.2, -0.15) is 0 Å². The third-order valence-corrected chi connectivity index (χ3v) is 6.31. The van der Waals surface area contributed by atoms with Gasteiger partial charge >= 0.3 is 0 Å². The molecule has 0 bridgehead atoms. The minimum Gasteiger partial charge on any atom is -0.335 e. The maximum Gasteiger partial charge on any atom is 0.273 e. The lowest BCUT2D eigenvalue weighted by molar-refractivity contribution is -0.142. The predicted octanol–water partition coefficient (Wildman–Crippen LogP) is 2.64. The van der Waals surface area contributed by atoms with E-state index in [1.807, 2.05) is 35.2 Å². The molecule has 0 unspecified atom stereocenters. The van der Waals surface area contributed by atoms with Gasteiger partial charge in [0.05, 0.1) is 6.04 Å². The number of likely N-dealkylation sites (N-methyl/N-ethyl adjacent to an activating group) is 1. The number of hydrogen-bond donors (Lipinski definition) is 0. The Balaban J connectivity index is 1.70. The van der Waals surface area contributed by atoms with E-state index in [0.29, 0.717) is 30.6 Å². The molecular weight excluding hydrogens is 364 g/mol. The number of carbonyl (C=O) groups is 2. The minimum atomic E-state index is -0.416. The molecule has 2 aromatic rings. The number of nitrogens with zero attached hydrogens (tertiary/aromatic N) is 4. The molecule has 2 fully saturated rings. The van der Waals surface area contributed by atoms with Crippen LogP contribution in [0.2, 0.25) is 0 Å². The summed E-state index contributed by atoms with van der Waals surface area (Å²) in [5, 5.41) is 1.83. The maximum absolute atomic E-state index is 13.6. The molecule has 2 aliphatic rings. The molecule has 6 heteroatoms. The second-order valence-electron chi connectivity index (χ2n) is 8.98. The number of pyridine rings is 1. The lowest BCUT2D eigenvalue weighted by Crippen LogP contribution is -2.61. The second kappa shape index (κ2) is 7.75. The molecule has 2 aliphatic heterocycles. The van der Waals surface area contributed by atoms with Crippen LogP contribution in [0.15, 0.2) is 36.5 Å². The van der Waals surface area contributed by atoms with Crippen molar-refractivity contribution in [1.82, 2.24) is 19.7 Å². The van der Waals surface area contributed by atoms with Crippen molar-refractivity contribution in [2.24, 2.45) is 5.92 Å². The average Bonchev–Trinajstić information content (AvgIpc) is 3.14. The largest absolute Gasteiger partial charge is 0.335 e. The van der Waals surface area contributed by atoms with Gasteiger partial charge in [-0.1, -0.05) is 38.1 Å². The first-order valence-electron chi connectivity index (χ1n) is 10.5. The summed E-state index contributed by atoms with van der Waals surface area (Å²) in [6, 6.07) is 9.73. The maximum atomic E-state index is 13.6. The molecule has 1 aromatic heterocycles. The van der Waals surface area contributed by atoms with Crippen molar-refractivity contribution in [3.8, 4) is 0 Å². The average molecular weight is 395 g/mol. The van der Waals surface area contributed by atoms with Gasteiger partial charge in [0.1, 0.15) is 11.7 Å². The zero-order valence-corrected chi connectivity index (χ0v) is 17.7. The lowest BCUT2D eigenvalue weighted by Gasteiger charge is -2.43. The Hall–Kier alpha value is -2.47. The van der Waals surface area contributed by atoms with Crippen molar-refractivity contribution < 1.29 is 9.59 Å². The fourth-order valence-corrected chi connectivity index (χ4v) is 4.71. The summed E-state index contributed by atoms with van der Waals surface area (Å²) in [6.45, 7) is 5.53. The van der Waals surface area contributed by atoms with Gasteiger partial charge in [0.25, 0.3) is 5.91 Å².